The number of aliphatic hydroxyl groups excluding tert-OH is 1. The third-order valence-corrected chi connectivity index (χ3v) is 4.53. The highest BCUT2D eigenvalue weighted by molar-refractivity contribution is 8.14. The van der Waals surface area contributed by atoms with Crippen LogP contribution in [0.1, 0.15) is 33.9 Å². The van der Waals surface area contributed by atoms with Crippen LogP contribution in [0, 0.1) is 27.7 Å². The van der Waals surface area contributed by atoms with Gasteiger partial charge in [-0.25, -0.2) is 0 Å². The quantitative estimate of drug-likeness (QED) is 0.733. The minimum atomic E-state index is -0.928. The average molecular weight is 222 g/mol. The third kappa shape index (κ3) is 1.34. The molecule has 0 bridgehead atoms. The van der Waals surface area contributed by atoms with E-state index in [0.717, 1.165) is 21.6 Å². The van der Waals surface area contributed by atoms with E-state index in [1.807, 2.05) is 20.8 Å². The SMILES string of the molecule is Cc1c(C)c(C)c2c(c1C)SC(=O)C2O. The zero-order chi connectivity index (χ0) is 11.3. The van der Waals surface area contributed by atoms with Crippen LogP contribution in [-0.2, 0) is 4.79 Å². The van der Waals surface area contributed by atoms with E-state index in [-0.39, 0.29) is 5.12 Å². The Morgan fingerprint density at radius 2 is 1.53 bits per heavy atom. The van der Waals surface area contributed by atoms with E-state index in [9.17, 15) is 9.90 Å². The zero-order valence-corrected chi connectivity index (χ0v) is 10.2. The second-order valence-electron chi connectivity index (χ2n) is 4.07. The van der Waals surface area contributed by atoms with Crippen molar-refractivity contribution in [3.63, 3.8) is 0 Å². The van der Waals surface area contributed by atoms with Crippen LogP contribution in [0.5, 0.6) is 0 Å². The molecular weight excluding hydrogens is 208 g/mol. The Kier molecular flexibility index (Phi) is 2.40. The summed E-state index contributed by atoms with van der Waals surface area (Å²) in [5.41, 5.74) is 5.41. The lowest BCUT2D eigenvalue weighted by atomic mass is 9.92. The van der Waals surface area contributed by atoms with Crippen LogP contribution >= 0.6 is 11.8 Å². The first-order valence-electron chi connectivity index (χ1n) is 4.95. The summed E-state index contributed by atoms with van der Waals surface area (Å²) in [6.45, 7) is 8.09. The van der Waals surface area contributed by atoms with Gasteiger partial charge in [0.2, 0.25) is 5.12 Å². The highest BCUT2D eigenvalue weighted by Gasteiger charge is 2.33. The molecule has 2 rings (SSSR count). The van der Waals surface area contributed by atoms with Gasteiger partial charge >= 0.3 is 0 Å². The Bertz CT molecular complexity index is 463. The lowest BCUT2D eigenvalue weighted by molar-refractivity contribution is -0.118. The number of hydrogen-bond donors (Lipinski definition) is 1. The molecule has 0 fully saturated rings. The van der Waals surface area contributed by atoms with Gasteiger partial charge in [0.05, 0.1) is 0 Å². The molecule has 0 aromatic heterocycles. The van der Waals surface area contributed by atoms with E-state index >= 15 is 0 Å². The number of carbonyl (C=O) groups excluding carboxylic acids is 1. The number of rotatable bonds is 0. The number of fused-ring (bicyclic) bond motifs is 1. The van der Waals surface area contributed by atoms with E-state index in [1.54, 1.807) is 0 Å². The highest BCUT2D eigenvalue weighted by atomic mass is 32.2. The molecule has 80 valence electrons. The molecule has 1 heterocycles. The number of carbonyl (C=O) groups is 1. The molecule has 0 aliphatic carbocycles. The molecule has 1 unspecified atom stereocenters. The highest BCUT2D eigenvalue weighted by Crippen LogP contribution is 2.45. The molecule has 1 aromatic rings. The monoisotopic (exact) mass is 222 g/mol. The molecule has 1 aromatic carbocycles. The molecule has 3 heteroatoms. The van der Waals surface area contributed by atoms with Crippen LogP contribution in [0.3, 0.4) is 0 Å². The van der Waals surface area contributed by atoms with Crippen molar-refractivity contribution in [1.29, 1.82) is 0 Å². The van der Waals surface area contributed by atoms with Crippen molar-refractivity contribution in [2.24, 2.45) is 0 Å². The number of benzene rings is 1. The van der Waals surface area contributed by atoms with Crippen LogP contribution in [0.15, 0.2) is 4.90 Å². The van der Waals surface area contributed by atoms with Crippen molar-refractivity contribution in [3.05, 3.63) is 27.8 Å². The molecule has 1 N–H and O–H groups in total. The van der Waals surface area contributed by atoms with Gasteiger partial charge in [0.15, 0.2) is 0 Å². The molecule has 0 amide bonds. The fourth-order valence-corrected chi connectivity index (χ4v) is 3.15. The predicted molar refractivity (Wildman–Crippen MR) is 61.2 cm³/mol. The maximum Gasteiger partial charge on any atom is 0.226 e. The van der Waals surface area contributed by atoms with Crippen LogP contribution in [0.25, 0.3) is 0 Å². The smallest absolute Gasteiger partial charge is 0.226 e. The van der Waals surface area contributed by atoms with Crippen molar-refractivity contribution in [2.45, 2.75) is 38.7 Å². The Balaban J connectivity index is 2.80. The van der Waals surface area contributed by atoms with Gasteiger partial charge in [0.25, 0.3) is 0 Å². The van der Waals surface area contributed by atoms with Crippen LogP contribution < -0.4 is 0 Å². The fourth-order valence-electron chi connectivity index (χ4n) is 2.04. The van der Waals surface area contributed by atoms with E-state index in [2.05, 4.69) is 6.92 Å². The summed E-state index contributed by atoms with van der Waals surface area (Å²) in [7, 11) is 0. The fraction of sp³-hybridized carbons (Fsp3) is 0.417. The van der Waals surface area contributed by atoms with Gasteiger partial charge < -0.3 is 5.11 Å². The molecule has 15 heavy (non-hydrogen) atoms. The van der Waals surface area contributed by atoms with Gasteiger partial charge in [0.1, 0.15) is 6.10 Å². The lowest BCUT2D eigenvalue weighted by Crippen LogP contribution is -2.05. The standard InChI is InChI=1S/C12H14O2S/c1-5-6(2)8(4)11-9(7(5)3)10(13)12(14)15-11/h10,13H,1-4H3. The molecule has 0 spiro atoms. The average Bonchev–Trinajstić information content (AvgIpc) is 2.50. The summed E-state index contributed by atoms with van der Waals surface area (Å²) < 4.78 is 0. The Hall–Kier alpha value is -0.800. The van der Waals surface area contributed by atoms with Crippen molar-refractivity contribution in [3.8, 4) is 0 Å². The van der Waals surface area contributed by atoms with Crippen LogP contribution in [-0.4, -0.2) is 10.2 Å². The van der Waals surface area contributed by atoms with Crippen molar-refractivity contribution in [1.82, 2.24) is 0 Å². The summed E-state index contributed by atoms with van der Waals surface area (Å²) in [5, 5.41) is 9.65. The van der Waals surface area contributed by atoms with Gasteiger partial charge in [-0.1, -0.05) is 0 Å². The predicted octanol–water partition coefficient (Wildman–Crippen LogP) is 2.59. The van der Waals surface area contributed by atoms with Gasteiger partial charge in [-0.3, -0.25) is 4.79 Å². The maximum absolute atomic E-state index is 11.5. The summed E-state index contributed by atoms with van der Waals surface area (Å²) in [4.78, 5) is 12.4. The minimum absolute atomic E-state index is 0.152. The number of aliphatic hydroxyl groups is 1. The second kappa shape index (κ2) is 3.35. The third-order valence-electron chi connectivity index (χ3n) is 3.38. The molecule has 0 radical (unpaired) electrons. The van der Waals surface area contributed by atoms with E-state index in [4.69, 9.17) is 0 Å². The summed E-state index contributed by atoms with van der Waals surface area (Å²) in [6.07, 6.45) is -0.928. The van der Waals surface area contributed by atoms with Gasteiger partial charge in [-0.15, -0.1) is 0 Å². The summed E-state index contributed by atoms with van der Waals surface area (Å²) in [6, 6.07) is 0. The topological polar surface area (TPSA) is 37.3 Å². The van der Waals surface area contributed by atoms with E-state index in [1.165, 1.54) is 22.9 Å². The Morgan fingerprint density at radius 3 is 2.13 bits per heavy atom. The minimum Gasteiger partial charge on any atom is -0.380 e. The normalized spacial score (nSPS) is 19.5. The first-order valence-corrected chi connectivity index (χ1v) is 5.76. The molecule has 0 saturated heterocycles. The maximum atomic E-state index is 11.5. The number of hydrogen-bond acceptors (Lipinski definition) is 3. The second-order valence-corrected chi connectivity index (χ2v) is 5.08. The van der Waals surface area contributed by atoms with Crippen molar-refractivity contribution >= 4 is 16.9 Å². The van der Waals surface area contributed by atoms with E-state index in [0.29, 0.717) is 0 Å². The molecular formula is C12H14O2S. The van der Waals surface area contributed by atoms with Gasteiger partial charge in [-0.2, -0.15) is 0 Å². The van der Waals surface area contributed by atoms with Crippen LogP contribution in [0.4, 0.5) is 0 Å². The van der Waals surface area contributed by atoms with Crippen molar-refractivity contribution in [2.75, 3.05) is 0 Å². The first-order chi connectivity index (χ1) is 6.95. The van der Waals surface area contributed by atoms with Gasteiger partial charge in [-0.05, 0) is 61.7 Å². The zero-order valence-electron chi connectivity index (χ0n) is 9.34. The summed E-state index contributed by atoms with van der Waals surface area (Å²) >= 11 is 1.17. The van der Waals surface area contributed by atoms with Crippen molar-refractivity contribution < 1.29 is 9.90 Å². The molecule has 1 aliphatic rings. The Labute approximate surface area is 93.7 Å². The summed E-state index contributed by atoms with van der Waals surface area (Å²) in [5.74, 6) is 0. The number of thioether (sulfide) groups is 1. The molecule has 1 aliphatic heterocycles. The molecule has 2 nitrogen and oxygen atoms in total. The lowest BCUT2D eigenvalue weighted by Gasteiger charge is -2.15. The first kappa shape index (κ1) is 10.7. The molecule has 1 atom stereocenters. The van der Waals surface area contributed by atoms with E-state index < -0.39 is 6.10 Å². The van der Waals surface area contributed by atoms with Crippen LogP contribution in [0.2, 0.25) is 0 Å². The molecule has 0 saturated carbocycles. The Morgan fingerprint density at radius 1 is 1.00 bits per heavy atom. The largest absolute Gasteiger partial charge is 0.380 e. The van der Waals surface area contributed by atoms with Gasteiger partial charge in [0, 0.05) is 10.5 Å².